The minimum Gasteiger partial charge on any atom is -0.355 e. The molecule has 0 aromatic carbocycles. The number of nitrogens with one attached hydrogen (secondary N) is 1. The van der Waals surface area contributed by atoms with Crippen LogP contribution in [-0.2, 0) is 6.54 Å². The van der Waals surface area contributed by atoms with Crippen LogP contribution in [0.1, 0.15) is 39.7 Å². The van der Waals surface area contributed by atoms with Crippen LogP contribution in [0.4, 0.5) is 5.82 Å². The highest BCUT2D eigenvalue weighted by atomic mass is 35.5. The van der Waals surface area contributed by atoms with Crippen LogP contribution in [0.2, 0.25) is 5.02 Å². The number of rotatable bonds is 5. The molecule has 0 aliphatic carbocycles. The summed E-state index contributed by atoms with van der Waals surface area (Å²) in [4.78, 5) is 6.94. The lowest BCUT2D eigenvalue weighted by molar-refractivity contribution is 0.323. The van der Waals surface area contributed by atoms with Crippen LogP contribution in [0.15, 0.2) is 12.3 Å². The number of piperidine rings is 1. The van der Waals surface area contributed by atoms with Crippen molar-refractivity contribution in [2.24, 2.45) is 17.8 Å². The maximum atomic E-state index is 6.46. The third-order valence-corrected chi connectivity index (χ3v) is 4.67. The summed E-state index contributed by atoms with van der Waals surface area (Å²) in [5, 5.41) is 4.21. The number of anilines is 1. The Kier molecular flexibility index (Phi) is 5.88. The molecule has 1 N–H and O–H groups in total. The molecule has 1 aliphatic rings. The molecule has 2 unspecified atom stereocenters. The van der Waals surface area contributed by atoms with E-state index in [1.54, 1.807) is 0 Å². The number of nitrogens with zero attached hydrogens (tertiary/aromatic N) is 2. The van der Waals surface area contributed by atoms with Crippen molar-refractivity contribution in [2.45, 2.75) is 40.7 Å². The second-order valence-corrected chi connectivity index (χ2v) is 7.27. The lowest BCUT2D eigenvalue weighted by Gasteiger charge is -2.36. The summed E-state index contributed by atoms with van der Waals surface area (Å²) in [5.74, 6) is 3.09. The number of hydrogen-bond acceptors (Lipinski definition) is 3. The highest BCUT2D eigenvalue weighted by Gasteiger charge is 2.24. The summed E-state index contributed by atoms with van der Waals surface area (Å²) in [5.41, 5.74) is 1.16. The van der Waals surface area contributed by atoms with Gasteiger partial charge in [-0.05, 0) is 42.3 Å². The number of pyridine rings is 1. The Morgan fingerprint density at radius 1 is 1.38 bits per heavy atom. The van der Waals surface area contributed by atoms with Crippen LogP contribution >= 0.6 is 11.6 Å². The van der Waals surface area contributed by atoms with E-state index in [4.69, 9.17) is 11.6 Å². The molecule has 2 rings (SSSR count). The molecule has 2 heterocycles. The molecule has 1 aromatic heterocycles. The zero-order valence-electron chi connectivity index (χ0n) is 13.7. The first kappa shape index (κ1) is 16.6. The van der Waals surface area contributed by atoms with Crippen LogP contribution in [0.25, 0.3) is 0 Å². The summed E-state index contributed by atoms with van der Waals surface area (Å²) >= 11 is 6.46. The zero-order valence-corrected chi connectivity index (χ0v) is 14.5. The SMILES string of the molecule is CC(C)CNCc1cnc(N2CCC(C)C(C)C2)c(Cl)c1. The van der Waals surface area contributed by atoms with Gasteiger partial charge in [0.2, 0.25) is 0 Å². The first-order valence-electron chi connectivity index (χ1n) is 8.07. The van der Waals surface area contributed by atoms with Gasteiger partial charge in [0.05, 0.1) is 5.02 Å². The quantitative estimate of drug-likeness (QED) is 0.892. The summed E-state index contributed by atoms with van der Waals surface area (Å²) in [7, 11) is 0. The fourth-order valence-electron chi connectivity index (χ4n) is 2.76. The molecule has 4 heteroatoms. The van der Waals surface area contributed by atoms with Gasteiger partial charge in [-0.25, -0.2) is 4.98 Å². The first-order chi connectivity index (χ1) is 9.97. The first-order valence-corrected chi connectivity index (χ1v) is 8.45. The molecular weight excluding hydrogens is 282 g/mol. The molecular formula is C17H28ClN3. The Morgan fingerprint density at radius 3 is 2.76 bits per heavy atom. The third-order valence-electron chi connectivity index (χ3n) is 4.39. The standard InChI is InChI=1S/C17H28ClN3/c1-12(2)8-19-9-15-7-16(18)17(20-10-15)21-6-5-13(3)14(4)11-21/h7,10,12-14,19H,5-6,8-9,11H2,1-4H3. The van der Waals surface area contributed by atoms with Crippen molar-refractivity contribution < 1.29 is 0 Å². The highest BCUT2D eigenvalue weighted by Crippen LogP contribution is 2.30. The van der Waals surface area contributed by atoms with Gasteiger partial charge in [-0.3, -0.25) is 0 Å². The molecule has 0 amide bonds. The summed E-state index contributed by atoms with van der Waals surface area (Å²) in [6.45, 7) is 13.0. The van der Waals surface area contributed by atoms with E-state index in [0.29, 0.717) is 11.8 Å². The summed E-state index contributed by atoms with van der Waals surface area (Å²) in [6, 6.07) is 2.06. The monoisotopic (exact) mass is 309 g/mol. The van der Waals surface area contributed by atoms with E-state index in [2.05, 4.69) is 49.0 Å². The predicted molar refractivity (Wildman–Crippen MR) is 90.9 cm³/mol. The van der Waals surface area contributed by atoms with Crippen LogP contribution in [0.3, 0.4) is 0 Å². The Bertz CT molecular complexity index is 461. The molecule has 3 nitrogen and oxygen atoms in total. The molecule has 1 saturated heterocycles. The smallest absolute Gasteiger partial charge is 0.147 e. The van der Waals surface area contributed by atoms with Crippen molar-refractivity contribution in [3.63, 3.8) is 0 Å². The summed E-state index contributed by atoms with van der Waals surface area (Å²) in [6.07, 6.45) is 3.17. The molecule has 0 radical (unpaired) electrons. The van der Waals surface area contributed by atoms with Gasteiger partial charge in [0.25, 0.3) is 0 Å². The molecule has 118 valence electrons. The van der Waals surface area contributed by atoms with Crippen molar-refractivity contribution in [1.82, 2.24) is 10.3 Å². The predicted octanol–water partition coefficient (Wildman–Crippen LogP) is 3.96. The summed E-state index contributed by atoms with van der Waals surface area (Å²) < 4.78 is 0. The van der Waals surface area contributed by atoms with E-state index in [9.17, 15) is 0 Å². The zero-order chi connectivity index (χ0) is 15.4. The molecule has 1 aliphatic heterocycles. The molecule has 0 spiro atoms. The van der Waals surface area contributed by atoms with Crippen molar-refractivity contribution in [1.29, 1.82) is 0 Å². The number of halogens is 1. The van der Waals surface area contributed by atoms with Gasteiger partial charge in [-0.2, -0.15) is 0 Å². The fraction of sp³-hybridized carbons (Fsp3) is 0.706. The Hall–Kier alpha value is -0.800. The van der Waals surface area contributed by atoms with Crippen molar-refractivity contribution in [2.75, 3.05) is 24.5 Å². The minimum absolute atomic E-state index is 0.657. The highest BCUT2D eigenvalue weighted by molar-refractivity contribution is 6.33. The van der Waals surface area contributed by atoms with Gasteiger partial charge in [0.15, 0.2) is 0 Å². The van der Waals surface area contributed by atoms with Crippen LogP contribution in [0.5, 0.6) is 0 Å². The molecule has 0 saturated carbocycles. The average Bonchev–Trinajstić information content (AvgIpc) is 2.42. The molecule has 21 heavy (non-hydrogen) atoms. The minimum atomic E-state index is 0.657. The number of aromatic nitrogens is 1. The van der Waals surface area contributed by atoms with Crippen LogP contribution in [0, 0.1) is 17.8 Å². The van der Waals surface area contributed by atoms with Gasteiger partial charge in [-0.1, -0.05) is 39.3 Å². The third kappa shape index (κ3) is 4.58. The van der Waals surface area contributed by atoms with E-state index >= 15 is 0 Å². The second-order valence-electron chi connectivity index (χ2n) is 6.86. The van der Waals surface area contributed by atoms with Gasteiger partial charge >= 0.3 is 0 Å². The average molecular weight is 310 g/mol. The maximum absolute atomic E-state index is 6.46. The van der Waals surface area contributed by atoms with E-state index in [0.717, 1.165) is 48.5 Å². The lowest BCUT2D eigenvalue weighted by atomic mass is 9.89. The number of hydrogen-bond donors (Lipinski definition) is 1. The normalized spacial score (nSPS) is 22.9. The van der Waals surface area contributed by atoms with E-state index in [1.807, 2.05) is 6.20 Å². The van der Waals surface area contributed by atoms with Gasteiger partial charge in [0.1, 0.15) is 5.82 Å². The maximum Gasteiger partial charge on any atom is 0.147 e. The molecule has 1 aromatic rings. The van der Waals surface area contributed by atoms with Gasteiger partial charge in [0, 0.05) is 25.8 Å². The Labute approximate surface area is 134 Å². The fourth-order valence-corrected chi connectivity index (χ4v) is 3.07. The Morgan fingerprint density at radius 2 is 2.14 bits per heavy atom. The van der Waals surface area contributed by atoms with Crippen molar-refractivity contribution >= 4 is 17.4 Å². The molecule has 0 bridgehead atoms. The molecule has 1 fully saturated rings. The molecule has 2 atom stereocenters. The second kappa shape index (κ2) is 7.46. The van der Waals surface area contributed by atoms with E-state index < -0.39 is 0 Å². The lowest BCUT2D eigenvalue weighted by Crippen LogP contribution is -2.39. The van der Waals surface area contributed by atoms with Gasteiger partial charge < -0.3 is 10.2 Å². The van der Waals surface area contributed by atoms with E-state index in [1.165, 1.54) is 6.42 Å². The van der Waals surface area contributed by atoms with Crippen LogP contribution in [-0.4, -0.2) is 24.6 Å². The van der Waals surface area contributed by atoms with Crippen molar-refractivity contribution in [3.8, 4) is 0 Å². The van der Waals surface area contributed by atoms with Crippen LogP contribution < -0.4 is 10.2 Å². The largest absolute Gasteiger partial charge is 0.355 e. The Balaban J connectivity index is 1.99. The van der Waals surface area contributed by atoms with Crippen molar-refractivity contribution in [3.05, 3.63) is 22.8 Å². The topological polar surface area (TPSA) is 28.2 Å². The van der Waals surface area contributed by atoms with E-state index in [-0.39, 0.29) is 0 Å². The van der Waals surface area contributed by atoms with Gasteiger partial charge in [-0.15, -0.1) is 0 Å².